The van der Waals surface area contributed by atoms with Crippen LogP contribution in [-0.2, 0) is 16.1 Å². The van der Waals surface area contributed by atoms with Crippen molar-refractivity contribution < 1.29 is 13.9 Å². The van der Waals surface area contributed by atoms with Crippen LogP contribution < -0.4 is 5.73 Å². The molecular formula is C14H19FN2O2. The summed E-state index contributed by atoms with van der Waals surface area (Å²) in [7, 11) is 1.46. The molecule has 0 radical (unpaired) electrons. The molecule has 2 N–H and O–H groups in total. The number of nitrogens with two attached hydrogens (primary N) is 1. The standard InChI is InChI=1S/C14H19FN2O2/c1-19-13(8-16)14(18)17(11-6-7-11)9-10-4-2-3-5-12(10)15/h2-5,11,13H,6-9,16H2,1H3. The maximum Gasteiger partial charge on any atom is 0.253 e. The molecule has 0 aromatic heterocycles. The SMILES string of the molecule is COC(CN)C(=O)N(Cc1ccccc1F)C1CC1. The van der Waals surface area contributed by atoms with E-state index in [0.717, 1.165) is 12.8 Å². The van der Waals surface area contributed by atoms with E-state index in [-0.39, 0.29) is 30.9 Å². The highest BCUT2D eigenvalue weighted by molar-refractivity contribution is 5.81. The van der Waals surface area contributed by atoms with Gasteiger partial charge >= 0.3 is 0 Å². The number of amides is 1. The normalized spacial score (nSPS) is 16.2. The average molecular weight is 266 g/mol. The van der Waals surface area contributed by atoms with Gasteiger partial charge in [0.05, 0.1) is 0 Å². The van der Waals surface area contributed by atoms with Crippen LogP contribution in [0.3, 0.4) is 0 Å². The molecule has 1 unspecified atom stereocenters. The first-order valence-corrected chi connectivity index (χ1v) is 6.44. The lowest BCUT2D eigenvalue weighted by molar-refractivity contribution is -0.142. The second-order valence-electron chi connectivity index (χ2n) is 4.75. The summed E-state index contributed by atoms with van der Waals surface area (Å²) >= 11 is 0. The molecule has 19 heavy (non-hydrogen) atoms. The summed E-state index contributed by atoms with van der Waals surface area (Å²) in [5, 5.41) is 0. The fourth-order valence-electron chi connectivity index (χ4n) is 2.07. The molecule has 1 aromatic carbocycles. The van der Waals surface area contributed by atoms with Gasteiger partial charge in [0.1, 0.15) is 11.9 Å². The molecule has 1 aliphatic carbocycles. The van der Waals surface area contributed by atoms with Gasteiger partial charge in [0, 0.05) is 31.8 Å². The first kappa shape index (κ1) is 14.0. The summed E-state index contributed by atoms with van der Waals surface area (Å²) in [6, 6.07) is 6.70. The maximum atomic E-state index is 13.7. The molecule has 1 atom stereocenters. The number of carbonyl (C=O) groups excluding carboxylic acids is 1. The molecule has 104 valence electrons. The number of halogens is 1. The van der Waals surface area contributed by atoms with E-state index in [1.165, 1.54) is 13.2 Å². The molecule has 4 nitrogen and oxygen atoms in total. The smallest absolute Gasteiger partial charge is 0.253 e. The summed E-state index contributed by atoms with van der Waals surface area (Å²) in [6.45, 7) is 0.409. The molecule has 0 saturated heterocycles. The number of carbonyl (C=O) groups is 1. The molecule has 1 fully saturated rings. The fraction of sp³-hybridized carbons (Fsp3) is 0.500. The molecule has 1 aliphatic rings. The Morgan fingerprint density at radius 1 is 1.53 bits per heavy atom. The lowest BCUT2D eigenvalue weighted by Crippen LogP contribution is -2.44. The van der Waals surface area contributed by atoms with Gasteiger partial charge in [-0.2, -0.15) is 0 Å². The van der Waals surface area contributed by atoms with E-state index < -0.39 is 6.10 Å². The zero-order valence-electron chi connectivity index (χ0n) is 11.0. The first-order chi connectivity index (χ1) is 9.17. The lowest BCUT2D eigenvalue weighted by Gasteiger charge is -2.26. The van der Waals surface area contributed by atoms with Crippen molar-refractivity contribution in [2.75, 3.05) is 13.7 Å². The Bertz CT molecular complexity index is 445. The van der Waals surface area contributed by atoms with Crippen molar-refractivity contribution in [1.29, 1.82) is 0 Å². The van der Waals surface area contributed by atoms with Gasteiger partial charge in [-0.25, -0.2) is 4.39 Å². The molecule has 1 aromatic rings. The highest BCUT2D eigenvalue weighted by atomic mass is 19.1. The Morgan fingerprint density at radius 3 is 2.74 bits per heavy atom. The van der Waals surface area contributed by atoms with Gasteiger partial charge in [-0.05, 0) is 18.9 Å². The van der Waals surface area contributed by atoms with Crippen LogP contribution in [0.25, 0.3) is 0 Å². The van der Waals surface area contributed by atoms with E-state index in [2.05, 4.69) is 0 Å². The number of hydrogen-bond donors (Lipinski definition) is 1. The van der Waals surface area contributed by atoms with Crippen LogP contribution in [0.4, 0.5) is 4.39 Å². The largest absolute Gasteiger partial charge is 0.370 e. The molecule has 5 heteroatoms. The third kappa shape index (κ3) is 3.30. The number of benzene rings is 1. The first-order valence-electron chi connectivity index (χ1n) is 6.44. The van der Waals surface area contributed by atoms with Crippen molar-refractivity contribution in [2.45, 2.75) is 31.5 Å². The Balaban J connectivity index is 2.13. The zero-order valence-corrected chi connectivity index (χ0v) is 11.0. The molecule has 1 saturated carbocycles. The summed E-state index contributed by atoms with van der Waals surface area (Å²) < 4.78 is 18.7. The van der Waals surface area contributed by atoms with Crippen molar-refractivity contribution in [3.63, 3.8) is 0 Å². The Hall–Kier alpha value is -1.46. The maximum absolute atomic E-state index is 13.7. The van der Waals surface area contributed by atoms with Gasteiger partial charge in [0.25, 0.3) is 5.91 Å². The molecule has 0 spiro atoms. The minimum absolute atomic E-state index is 0.135. The van der Waals surface area contributed by atoms with Gasteiger partial charge in [-0.15, -0.1) is 0 Å². The van der Waals surface area contributed by atoms with E-state index in [1.54, 1.807) is 23.1 Å². The van der Waals surface area contributed by atoms with Crippen LogP contribution in [-0.4, -0.2) is 36.6 Å². The summed E-state index contributed by atoms with van der Waals surface area (Å²) in [5.41, 5.74) is 6.04. The van der Waals surface area contributed by atoms with E-state index in [9.17, 15) is 9.18 Å². The van der Waals surface area contributed by atoms with Crippen LogP contribution in [0.15, 0.2) is 24.3 Å². The Labute approximate surface area is 112 Å². The van der Waals surface area contributed by atoms with Gasteiger partial charge in [-0.1, -0.05) is 18.2 Å². The quantitative estimate of drug-likeness (QED) is 0.844. The Kier molecular flexibility index (Phi) is 4.50. The van der Waals surface area contributed by atoms with Gasteiger partial charge in [0.2, 0.25) is 0 Å². The second-order valence-corrected chi connectivity index (χ2v) is 4.75. The van der Waals surface area contributed by atoms with Gasteiger partial charge in [0.15, 0.2) is 0 Å². The molecule has 0 bridgehead atoms. The number of nitrogens with zero attached hydrogens (tertiary/aromatic N) is 1. The predicted octanol–water partition coefficient (Wildman–Crippen LogP) is 1.29. The number of hydrogen-bond acceptors (Lipinski definition) is 3. The molecule has 0 heterocycles. The van der Waals surface area contributed by atoms with E-state index in [1.807, 2.05) is 0 Å². The topological polar surface area (TPSA) is 55.6 Å². The van der Waals surface area contributed by atoms with Gasteiger partial charge in [-0.3, -0.25) is 4.79 Å². The molecule has 0 aliphatic heterocycles. The zero-order chi connectivity index (χ0) is 13.8. The van der Waals surface area contributed by atoms with Crippen LogP contribution >= 0.6 is 0 Å². The number of rotatable bonds is 6. The molecule has 1 amide bonds. The third-order valence-electron chi connectivity index (χ3n) is 3.34. The van der Waals surface area contributed by atoms with E-state index >= 15 is 0 Å². The number of methoxy groups -OCH3 is 1. The highest BCUT2D eigenvalue weighted by Crippen LogP contribution is 2.29. The van der Waals surface area contributed by atoms with Crippen molar-refractivity contribution >= 4 is 5.91 Å². The van der Waals surface area contributed by atoms with Crippen molar-refractivity contribution in [2.24, 2.45) is 5.73 Å². The van der Waals surface area contributed by atoms with Gasteiger partial charge < -0.3 is 15.4 Å². The van der Waals surface area contributed by atoms with Crippen molar-refractivity contribution in [3.05, 3.63) is 35.6 Å². The summed E-state index contributed by atoms with van der Waals surface area (Å²) in [5.74, 6) is -0.446. The molecule has 2 rings (SSSR count). The van der Waals surface area contributed by atoms with Crippen LogP contribution in [0.1, 0.15) is 18.4 Å². The van der Waals surface area contributed by atoms with Crippen LogP contribution in [0, 0.1) is 5.82 Å². The summed E-state index contributed by atoms with van der Waals surface area (Å²) in [6.07, 6.45) is 1.27. The van der Waals surface area contributed by atoms with Crippen LogP contribution in [0.5, 0.6) is 0 Å². The number of ether oxygens (including phenoxy) is 1. The van der Waals surface area contributed by atoms with Crippen molar-refractivity contribution in [3.8, 4) is 0 Å². The minimum Gasteiger partial charge on any atom is -0.370 e. The van der Waals surface area contributed by atoms with E-state index in [4.69, 9.17) is 10.5 Å². The second kappa shape index (κ2) is 6.12. The van der Waals surface area contributed by atoms with E-state index in [0.29, 0.717) is 5.56 Å². The predicted molar refractivity (Wildman–Crippen MR) is 69.8 cm³/mol. The van der Waals surface area contributed by atoms with Crippen molar-refractivity contribution in [1.82, 2.24) is 4.90 Å². The minimum atomic E-state index is -0.646. The Morgan fingerprint density at radius 2 is 2.21 bits per heavy atom. The summed E-state index contributed by atoms with van der Waals surface area (Å²) in [4.78, 5) is 14.0. The fourth-order valence-corrected chi connectivity index (χ4v) is 2.07. The third-order valence-corrected chi connectivity index (χ3v) is 3.34. The molecular weight excluding hydrogens is 247 g/mol. The highest BCUT2D eigenvalue weighted by Gasteiger charge is 2.35. The average Bonchev–Trinajstić information content (AvgIpc) is 3.23. The monoisotopic (exact) mass is 266 g/mol. The van der Waals surface area contributed by atoms with Crippen LogP contribution in [0.2, 0.25) is 0 Å². The lowest BCUT2D eigenvalue weighted by atomic mass is 10.2.